The number of hydrogen-bond donors (Lipinski definition) is 3. The van der Waals surface area contributed by atoms with Crippen molar-refractivity contribution in [1.82, 2.24) is 20.1 Å². The second kappa shape index (κ2) is 12.8. The summed E-state index contributed by atoms with van der Waals surface area (Å²) in [6.07, 6.45) is 1.58. The fraction of sp³-hybridized carbons (Fsp3) is 0.290. The van der Waals surface area contributed by atoms with Gasteiger partial charge < -0.3 is 25.2 Å². The number of halogens is 1. The molecular formula is C31H32ClN5O5. The SMILES string of the molecule is COc1nc(-c2cccc(-c3cccc(NC(=O)c4ccnn(C)c4=O)c3C)c2Cl)ccc1CN[C@@H]1CCOC[C@H]1O. The number of aryl methyl sites for hydroxylation is 1. The fourth-order valence-electron chi connectivity index (χ4n) is 5.00. The summed E-state index contributed by atoms with van der Waals surface area (Å²) in [6, 6.07) is 16.4. The van der Waals surface area contributed by atoms with Crippen molar-refractivity contribution >= 4 is 23.2 Å². The van der Waals surface area contributed by atoms with E-state index in [1.54, 1.807) is 13.2 Å². The van der Waals surface area contributed by atoms with Crippen LogP contribution >= 0.6 is 11.6 Å². The zero-order valence-electron chi connectivity index (χ0n) is 23.6. The van der Waals surface area contributed by atoms with Gasteiger partial charge in [-0.15, -0.1) is 0 Å². The first kappa shape index (κ1) is 29.4. The average molecular weight is 590 g/mol. The Bertz CT molecular complexity index is 1670. The highest BCUT2D eigenvalue weighted by atomic mass is 35.5. The van der Waals surface area contributed by atoms with Crippen molar-refractivity contribution in [2.75, 3.05) is 25.6 Å². The van der Waals surface area contributed by atoms with Crippen LogP contribution in [0.3, 0.4) is 0 Å². The van der Waals surface area contributed by atoms with Gasteiger partial charge in [-0.1, -0.05) is 48.0 Å². The third kappa shape index (κ3) is 6.07. The number of carbonyl (C=O) groups excluding carboxylic acids is 1. The molecule has 3 heterocycles. The van der Waals surface area contributed by atoms with Crippen LogP contribution in [0.5, 0.6) is 5.88 Å². The number of pyridine rings is 1. The molecule has 11 heteroatoms. The summed E-state index contributed by atoms with van der Waals surface area (Å²) in [5.41, 5.74) is 4.68. The summed E-state index contributed by atoms with van der Waals surface area (Å²) in [6.45, 7) is 3.30. The smallest absolute Gasteiger partial charge is 0.279 e. The molecule has 0 saturated carbocycles. The topological polar surface area (TPSA) is 128 Å². The van der Waals surface area contributed by atoms with Crippen LogP contribution in [0.15, 0.2) is 65.6 Å². The van der Waals surface area contributed by atoms with E-state index in [0.29, 0.717) is 42.0 Å². The largest absolute Gasteiger partial charge is 0.481 e. The Labute approximate surface area is 248 Å². The average Bonchev–Trinajstić information content (AvgIpc) is 2.99. The Morgan fingerprint density at radius 3 is 2.69 bits per heavy atom. The highest BCUT2D eigenvalue weighted by molar-refractivity contribution is 6.36. The molecule has 1 saturated heterocycles. The van der Waals surface area contributed by atoms with Crippen molar-refractivity contribution in [3.63, 3.8) is 0 Å². The van der Waals surface area contributed by atoms with E-state index in [-0.39, 0.29) is 11.6 Å². The van der Waals surface area contributed by atoms with Gasteiger partial charge in [-0.3, -0.25) is 9.59 Å². The van der Waals surface area contributed by atoms with E-state index in [1.807, 2.05) is 49.4 Å². The number of amides is 1. The Morgan fingerprint density at radius 1 is 1.14 bits per heavy atom. The van der Waals surface area contributed by atoms with Crippen LogP contribution in [0.1, 0.15) is 27.9 Å². The maximum atomic E-state index is 12.9. The molecule has 4 aromatic rings. The summed E-state index contributed by atoms with van der Waals surface area (Å²) in [7, 11) is 3.06. The molecule has 1 fully saturated rings. The zero-order chi connectivity index (χ0) is 29.8. The Morgan fingerprint density at radius 2 is 1.90 bits per heavy atom. The van der Waals surface area contributed by atoms with Gasteiger partial charge in [0.25, 0.3) is 11.5 Å². The van der Waals surface area contributed by atoms with Crippen LogP contribution in [0.4, 0.5) is 5.69 Å². The highest BCUT2D eigenvalue weighted by Crippen LogP contribution is 2.39. The molecule has 0 spiro atoms. The quantitative estimate of drug-likeness (QED) is 0.282. The number of nitrogens with zero attached hydrogens (tertiary/aromatic N) is 3. The minimum absolute atomic E-state index is 0.0000580. The normalized spacial score (nSPS) is 16.7. The number of anilines is 1. The van der Waals surface area contributed by atoms with E-state index >= 15 is 0 Å². The maximum absolute atomic E-state index is 12.9. The van der Waals surface area contributed by atoms with Crippen LogP contribution in [0.2, 0.25) is 5.02 Å². The third-order valence-corrected chi connectivity index (χ3v) is 7.82. The minimum Gasteiger partial charge on any atom is -0.481 e. The monoisotopic (exact) mass is 589 g/mol. The summed E-state index contributed by atoms with van der Waals surface area (Å²) < 4.78 is 12.0. The lowest BCUT2D eigenvalue weighted by molar-refractivity contribution is -0.0281. The summed E-state index contributed by atoms with van der Waals surface area (Å²) >= 11 is 6.98. The highest BCUT2D eigenvalue weighted by Gasteiger charge is 2.24. The number of aliphatic hydroxyl groups excluding tert-OH is 1. The predicted octanol–water partition coefficient (Wildman–Crippen LogP) is 3.97. The number of hydrogen-bond acceptors (Lipinski definition) is 8. The van der Waals surface area contributed by atoms with Gasteiger partial charge in [-0.2, -0.15) is 5.10 Å². The number of rotatable bonds is 8. The molecule has 0 bridgehead atoms. The Balaban J connectivity index is 1.41. The molecule has 0 aliphatic carbocycles. The molecule has 5 rings (SSSR count). The molecule has 1 aliphatic heterocycles. The molecule has 1 amide bonds. The molecule has 0 radical (unpaired) electrons. The lowest BCUT2D eigenvalue weighted by atomic mass is 9.96. The molecule has 2 aromatic heterocycles. The zero-order valence-corrected chi connectivity index (χ0v) is 24.3. The predicted molar refractivity (Wildman–Crippen MR) is 161 cm³/mol. The van der Waals surface area contributed by atoms with Crippen molar-refractivity contribution in [1.29, 1.82) is 0 Å². The number of methoxy groups -OCH3 is 1. The summed E-state index contributed by atoms with van der Waals surface area (Å²) in [4.78, 5) is 30.0. The van der Waals surface area contributed by atoms with Gasteiger partial charge in [0.2, 0.25) is 5.88 Å². The minimum atomic E-state index is -0.559. The van der Waals surface area contributed by atoms with E-state index in [0.717, 1.165) is 38.9 Å². The first-order chi connectivity index (χ1) is 20.3. The van der Waals surface area contributed by atoms with E-state index < -0.39 is 17.6 Å². The Hall–Kier alpha value is -4.09. The molecular weight excluding hydrogens is 558 g/mol. The molecule has 3 N–H and O–H groups in total. The molecule has 42 heavy (non-hydrogen) atoms. The molecule has 2 aromatic carbocycles. The van der Waals surface area contributed by atoms with Crippen molar-refractivity contribution < 1.29 is 19.4 Å². The lowest BCUT2D eigenvalue weighted by Gasteiger charge is -2.28. The van der Waals surface area contributed by atoms with E-state index in [4.69, 9.17) is 26.1 Å². The van der Waals surface area contributed by atoms with Gasteiger partial charge >= 0.3 is 0 Å². The standard InChI is InChI=1S/C31H32ClN5O5/c1-18-20(6-5-9-24(18)35-29(39)23-12-14-34-37(2)31(23)40)21-7-4-8-22(28(21)32)25-11-10-19(30(36-25)41-3)16-33-26-13-15-42-17-27(26)38/h4-12,14,26-27,33,38H,13,15-17H2,1-3H3,(H,35,39)/t26-,27-/m1/s1. The number of benzene rings is 2. The number of carbonyl (C=O) groups is 1. The molecule has 218 valence electrons. The van der Waals surface area contributed by atoms with Crippen LogP contribution in [-0.4, -0.2) is 58.2 Å². The van der Waals surface area contributed by atoms with E-state index in [1.165, 1.54) is 19.3 Å². The second-order valence-electron chi connectivity index (χ2n) is 10.1. The Kier molecular flexibility index (Phi) is 8.98. The van der Waals surface area contributed by atoms with Crippen molar-refractivity contribution in [2.24, 2.45) is 7.05 Å². The molecule has 10 nitrogen and oxygen atoms in total. The van der Waals surface area contributed by atoms with Crippen LogP contribution in [0.25, 0.3) is 22.4 Å². The van der Waals surface area contributed by atoms with E-state index in [9.17, 15) is 14.7 Å². The van der Waals surface area contributed by atoms with Gasteiger partial charge in [0.15, 0.2) is 0 Å². The third-order valence-electron chi connectivity index (χ3n) is 7.41. The molecule has 2 atom stereocenters. The number of aliphatic hydroxyl groups is 1. The summed E-state index contributed by atoms with van der Waals surface area (Å²) in [5.74, 6) is -0.0542. The van der Waals surface area contributed by atoms with Crippen LogP contribution in [-0.2, 0) is 18.3 Å². The van der Waals surface area contributed by atoms with Gasteiger partial charge in [-0.25, -0.2) is 9.67 Å². The van der Waals surface area contributed by atoms with Crippen molar-refractivity contribution in [3.8, 4) is 28.3 Å². The lowest BCUT2D eigenvalue weighted by Crippen LogP contribution is -2.46. The van der Waals surface area contributed by atoms with Gasteiger partial charge in [0.1, 0.15) is 5.56 Å². The van der Waals surface area contributed by atoms with Crippen molar-refractivity contribution in [2.45, 2.75) is 32.0 Å². The van der Waals surface area contributed by atoms with Gasteiger partial charge in [-0.05, 0) is 42.7 Å². The van der Waals surface area contributed by atoms with Crippen LogP contribution < -0.4 is 20.9 Å². The number of ether oxygens (including phenoxy) is 2. The maximum Gasteiger partial charge on any atom is 0.279 e. The molecule has 0 unspecified atom stereocenters. The first-order valence-electron chi connectivity index (χ1n) is 13.5. The van der Waals surface area contributed by atoms with E-state index in [2.05, 4.69) is 15.7 Å². The number of aromatic nitrogens is 3. The summed E-state index contributed by atoms with van der Waals surface area (Å²) in [5, 5.41) is 20.8. The van der Waals surface area contributed by atoms with Gasteiger partial charge in [0.05, 0.1) is 30.5 Å². The fourth-order valence-corrected chi connectivity index (χ4v) is 5.33. The second-order valence-corrected chi connectivity index (χ2v) is 10.4. The number of nitrogens with one attached hydrogen (secondary N) is 2. The van der Waals surface area contributed by atoms with Gasteiger partial charge in [0, 0.05) is 54.8 Å². The van der Waals surface area contributed by atoms with Crippen LogP contribution in [0, 0.1) is 6.92 Å². The molecule has 1 aliphatic rings. The van der Waals surface area contributed by atoms with Crippen molar-refractivity contribution in [3.05, 3.63) is 92.9 Å². The first-order valence-corrected chi connectivity index (χ1v) is 13.9.